The normalized spacial score (nSPS) is 21.7. The van der Waals surface area contributed by atoms with Gasteiger partial charge in [0.05, 0.1) is 18.1 Å². The number of para-hydroxylation sites is 1. The van der Waals surface area contributed by atoms with Crippen LogP contribution in [0.1, 0.15) is 41.8 Å². The quantitative estimate of drug-likeness (QED) is 0.594. The molecule has 2 aromatic rings. The van der Waals surface area contributed by atoms with Crippen molar-refractivity contribution in [1.82, 2.24) is 9.80 Å². The van der Waals surface area contributed by atoms with E-state index in [1.54, 1.807) is 26.8 Å². The molecule has 0 bridgehead atoms. The van der Waals surface area contributed by atoms with Gasteiger partial charge in [0, 0.05) is 38.4 Å². The fraction of sp³-hybridized carbons (Fsp3) is 0.481. The number of nitrogens with zero attached hydrogens (tertiary/aromatic N) is 3. The molecule has 1 aromatic carbocycles. The first kappa shape index (κ1) is 24.1. The maximum atomic E-state index is 13.4. The third kappa shape index (κ3) is 4.87. The molecule has 190 valence electrons. The van der Waals surface area contributed by atoms with Gasteiger partial charge in [-0.3, -0.25) is 19.2 Å². The van der Waals surface area contributed by atoms with E-state index in [4.69, 9.17) is 9.15 Å². The average Bonchev–Trinajstić information content (AvgIpc) is 3.61. The number of ether oxygens (including phenoxy) is 1. The molecule has 1 saturated carbocycles. The number of piperazine rings is 1. The molecular formula is C27H31N3O6. The van der Waals surface area contributed by atoms with E-state index in [9.17, 15) is 19.2 Å². The van der Waals surface area contributed by atoms with E-state index in [-0.39, 0.29) is 30.1 Å². The molecule has 0 radical (unpaired) electrons. The maximum Gasteiger partial charge on any atom is 0.310 e. The Morgan fingerprint density at radius 2 is 1.58 bits per heavy atom. The van der Waals surface area contributed by atoms with Crippen molar-refractivity contribution >= 4 is 29.4 Å². The molecule has 3 amide bonds. The smallest absolute Gasteiger partial charge is 0.310 e. The molecule has 0 N–H and O–H groups in total. The van der Waals surface area contributed by atoms with Gasteiger partial charge < -0.3 is 23.9 Å². The zero-order valence-electron chi connectivity index (χ0n) is 20.3. The van der Waals surface area contributed by atoms with Crippen molar-refractivity contribution in [3.05, 3.63) is 54.0 Å². The Morgan fingerprint density at radius 1 is 0.861 bits per heavy atom. The molecule has 5 rings (SSSR count). The zero-order valence-corrected chi connectivity index (χ0v) is 20.3. The lowest BCUT2D eigenvalue weighted by molar-refractivity contribution is -0.159. The Bertz CT molecular complexity index is 1120. The van der Waals surface area contributed by atoms with Crippen LogP contribution in [0.25, 0.3) is 0 Å². The van der Waals surface area contributed by atoms with E-state index < -0.39 is 17.8 Å². The molecule has 9 nitrogen and oxygen atoms in total. The summed E-state index contributed by atoms with van der Waals surface area (Å²) in [5.41, 5.74) is 2.08. The number of amides is 3. The summed E-state index contributed by atoms with van der Waals surface area (Å²) in [4.78, 5) is 56.6. The van der Waals surface area contributed by atoms with Crippen LogP contribution in [0, 0.1) is 11.8 Å². The molecule has 2 aliphatic heterocycles. The molecule has 1 aliphatic carbocycles. The molecule has 2 unspecified atom stereocenters. The highest BCUT2D eigenvalue weighted by Crippen LogP contribution is 2.36. The zero-order chi connectivity index (χ0) is 25.1. The number of furan rings is 1. The van der Waals surface area contributed by atoms with Crippen molar-refractivity contribution in [3.63, 3.8) is 0 Å². The van der Waals surface area contributed by atoms with Gasteiger partial charge in [-0.1, -0.05) is 31.0 Å². The van der Waals surface area contributed by atoms with E-state index >= 15 is 0 Å². The number of hydrogen-bond donors (Lipinski definition) is 0. The number of carbonyl (C=O) groups excluding carboxylic acids is 4. The van der Waals surface area contributed by atoms with Crippen molar-refractivity contribution in [1.29, 1.82) is 0 Å². The van der Waals surface area contributed by atoms with Crippen molar-refractivity contribution in [2.24, 2.45) is 11.8 Å². The van der Waals surface area contributed by atoms with Gasteiger partial charge in [-0.15, -0.1) is 0 Å². The largest absolute Gasteiger partial charge is 0.459 e. The van der Waals surface area contributed by atoms with Crippen LogP contribution >= 0.6 is 0 Å². The first-order valence-corrected chi connectivity index (χ1v) is 12.7. The fourth-order valence-corrected chi connectivity index (χ4v) is 5.52. The minimum absolute atomic E-state index is 0.0229. The van der Waals surface area contributed by atoms with Crippen LogP contribution in [0.4, 0.5) is 5.69 Å². The van der Waals surface area contributed by atoms with Crippen LogP contribution in [-0.2, 0) is 25.5 Å². The predicted octanol–water partition coefficient (Wildman–Crippen LogP) is 2.50. The lowest BCUT2D eigenvalue weighted by atomic mass is 9.78. The summed E-state index contributed by atoms with van der Waals surface area (Å²) in [7, 11) is 0. The summed E-state index contributed by atoms with van der Waals surface area (Å²) in [6.45, 7) is 1.77. The van der Waals surface area contributed by atoms with E-state index in [2.05, 4.69) is 0 Å². The lowest BCUT2D eigenvalue weighted by Crippen LogP contribution is -2.51. The van der Waals surface area contributed by atoms with Gasteiger partial charge in [0.15, 0.2) is 12.4 Å². The second-order valence-corrected chi connectivity index (χ2v) is 9.62. The Labute approximate surface area is 210 Å². The van der Waals surface area contributed by atoms with Gasteiger partial charge in [-0.25, -0.2) is 0 Å². The highest BCUT2D eigenvalue weighted by atomic mass is 16.5. The Morgan fingerprint density at radius 3 is 2.33 bits per heavy atom. The highest BCUT2D eigenvalue weighted by molar-refractivity contribution is 5.99. The predicted molar refractivity (Wildman–Crippen MR) is 130 cm³/mol. The summed E-state index contributed by atoms with van der Waals surface area (Å²) in [5.74, 6) is -1.67. The second-order valence-electron chi connectivity index (χ2n) is 9.62. The van der Waals surface area contributed by atoms with Gasteiger partial charge in [0.25, 0.3) is 11.8 Å². The van der Waals surface area contributed by atoms with E-state index in [0.717, 1.165) is 30.5 Å². The van der Waals surface area contributed by atoms with Crippen molar-refractivity contribution in [3.8, 4) is 0 Å². The second kappa shape index (κ2) is 10.6. The number of fused-ring (bicyclic) bond motifs is 1. The number of rotatable bonds is 5. The molecule has 2 fully saturated rings. The Hall–Kier alpha value is -3.62. The van der Waals surface area contributed by atoms with E-state index in [1.807, 2.05) is 24.3 Å². The van der Waals surface area contributed by atoms with Gasteiger partial charge >= 0.3 is 5.97 Å². The monoisotopic (exact) mass is 493 g/mol. The Balaban J connectivity index is 1.13. The summed E-state index contributed by atoms with van der Waals surface area (Å²) in [6, 6.07) is 11.2. The van der Waals surface area contributed by atoms with Crippen LogP contribution in [0.5, 0.6) is 0 Å². The lowest BCUT2D eigenvalue weighted by Gasteiger charge is -2.34. The van der Waals surface area contributed by atoms with Crippen molar-refractivity contribution < 1.29 is 28.3 Å². The van der Waals surface area contributed by atoms with Gasteiger partial charge in [0.1, 0.15) is 0 Å². The van der Waals surface area contributed by atoms with Crippen LogP contribution in [0.3, 0.4) is 0 Å². The van der Waals surface area contributed by atoms with Gasteiger partial charge in [-0.2, -0.15) is 0 Å². The molecule has 2 atom stereocenters. The molecular weight excluding hydrogens is 462 g/mol. The summed E-state index contributed by atoms with van der Waals surface area (Å²) in [6.07, 6.45) is 5.27. The molecule has 36 heavy (non-hydrogen) atoms. The minimum atomic E-state index is -0.533. The maximum absolute atomic E-state index is 13.4. The van der Waals surface area contributed by atoms with Gasteiger partial charge in [0.2, 0.25) is 5.91 Å². The molecule has 3 aliphatic rings. The standard InChI is InChI=1S/C27H31N3O6/c31-24(28-13-15-29(16-14-28)26(33)23-10-5-17-35-23)18-36-27(34)21-8-3-2-7-20(21)25(32)30-12-11-19-6-1-4-9-22(19)30/h1,4-6,9-10,17,20-21H,2-3,7-8,11-16,18H2. The highest BCUT2D eigenvalue weighted by Gasteiger charge is 2.40. The summed E-state index contributed by atoms with van der Waals surface area (Å²) >= 11 is 0. The number of hydrogen-bond acceptors (Lipinski definition) is 6. The van der Waals surface area contributed by atoms with Crippen molar-refractivity contribution in [2.45, 2.75) is 32.1 Å². The topological polar surface area (TPSA) is 100 Å². The van der Waals surface area contributed by atoms with Crippen LogP contribution in [0.2, 0.25) is 0 Å². The molecule has 3 heterocycles. The summed E-state index contributed by atoms with van der Waals surface area (Å²) in [5, 5.41) is 0. The number of anilines is 1. The van der Waals surface area contributed by atoms with Crippen LogP contribution < -0.4 is 4.90 Å². The third-order valence-electron chi connectivity index (χ3n) is 7.53. The number of carbonyl (C=O) groups is 4. The first-order chi connectivity index (χ1) is 17.5. The fourth-order valence-electron chi connectivity index (χ4n) is 5.52. The van der Waals surface area contributed by atoms with Crippen LogP contribution in [-0.4, -0.2) is 72.8 Å². The molecule has 0 spiro atoms. The molecule has 9 heteroatoms. The van der Waals surface area contributed by atoms with Crippen molar-refractivity contribution in [2.75, 3.05) is 44.2 Å². The molecule has 1 aromatic heterocycles. The van der Waals surface area contributed by atoms with E-state index in [1.165, 1.54) is 6.26 Å². The average molecular weight is 494 g/mol. The first-order valence-electron chi connectivity index (χ1n) is 12.7. The SMILES string of the molecule is O=C(OCC(=O)N1CCN(C(=O)c2ccco2)CC1)C1CCCCC1C(=O)N1CCc2ccccc21. The molecule has 1 saturated heterocycles. The van der Waals surface area contributed by atoms with Crippen LogP contribution in [0.15, 0.2) is 47.1 Å². The minimum Gasteiger partial charge on any atom is -0.459 e. The summed E-state index contributed by atoms with van der Waals surface area (Å²) < 4.78 is 10.6. The number of esters is 1. The number of benzene rings is 1. The van der Waals surface area contributed by atoms with Gasteiger partial charge in [-0.05, 0) is 43.0 Å². The van der Waals surface area contributed by atoms with E-state index in [0.29, 0.717) is 45.6 Å². The third-order valence-corrected chi connectivity index (χ3v) is 7.53. The Kier molecular flexibility index (Phi) is 7.06.